The summed E-state index contributed by atoms with van der Waals surface area (Å²) in [5, 5.41) is 17.3. The Balaban J connectivity index is 2.58. The minimum atomic E-state index is -1.38. The minimum absolute atomic E-state index is 0.0170. The molecule has 0 fully saturated rings. The van der Waals surface area contributed by atoms with Crippen molar-refractivity contribution in [3.63, 3.8) is 0 Å². The Labute approximate surface area is 69.4 Å². The second-order valence-corrected chi connectivity index (χ2v) is 2.57. The van der Waals surface area contributed by atoms with Crippen molar-refractivity contribution in [2.75, 3.05) is 0 Å². The summed E-state index contributed by atoms with van der Waals surface area (Å²) < 4.78 is 5.08. The van der Waals surface area contributed by atoms with Crippen LogP contribution in [0.2, 0.25) is 0 Å². The number of aliphatic hydroxyl groups is 1. The van der Waals surface area contributed by atoms with E-state index in [-0.39, 0.29) is 6.42 Å². The van der Waals surface area contributed by atoms with Crippen LogP contribution in [0.15, 0.2) is 16.5 Å². The van der Waals surface area contributed by atoms with E-state index in [0.717, 1.165) is 0 Å². The monoisotopic (exact) mass is 170 g/mol. The smallest absolute Gasteiger partial charge is 0.332 e. The standard InChI is InChI=1S/C8H10O4/c1-5-2-3-6(12-5)4-7(9)8(10)11/h2-3,7,9H,4H2,1H3,(H,10,11). The largest absolute Gasteiger partial charge is 0.479 e. The van der Waals surface area contributed by atoms with E-state index in [2.05, 4.69) is 0 Å². The predicted molar refractivity (Wildman–Crippen MR) is 40.8 cm³/mol. The van der Waals surface area contributed by atoms with Crippen molar-refractivity contribution < 1.29 is 19.4 Å². The fraction of sp³-hybridized carbons (Fsp3) is 0.375. The van der Waals surface area contributed by atoms with E-state index >= 15 is 0 Å². The van der Waals surface area contributed by atoms with Crippen LogP contribution in [0.1, 0.15) is 11.5 Å². The molecule has 0 amide bonds. The number of aryl methyl sites for hydroxylation is 1. The van der Waals surface area contributed by atoms with E-state index in [0.29, 0.717) is 11.5 Å². The lowest BCUT2D eigenvalue weighted by Crippen LogP contribution is -2.21. The fourth-order valence-corrected chi connectivity index (χ4v) is 0.873. The molecule has 1 aromatic rings. The zero-order valence-corrected chi connectivity index (χ0v) is 6.65. The molecule has 0 bridgehead atoms. The molecule has 2 N–H and O–H groups in total. The van der Waals surface area contributed by atoms with Gasteiger partial charge in [-0.05, 0) is 19.1 Å². The Hall–Kier alpha value is -1.29. The van der Waals surface area contributed by atoms with Crippen molar-refractivity contribution in [3.8, 4) is 0 Å². The number of furan rings is 1. The summed E-state index contributed by atoms with van der Waals surface area (Å²) >= 11 is 0. The molecule has 4 nitrogen and oxygen atoms in total. The van der Waals surface area contributed by atoms with Crippen LogP contribution in [0.4, 0.5) is 0 Å². The fourth-order valence-electron chi connectivity index (χ4n) is 0.873. The maximum atomic E-state index is 10.2. The Bertz CT molecular complexity index is 276. The molecule has 1 aromatic heterocycles. The Kier molecular flexibility index (Phi) is 2.50. The third-order valence-corrected chi connectivity index (χ3v) is 1.48. The number of hydrogen-bond acceptors (Lipinski definition) is 3. The number of carbonyl (C=O) groups is 1. The molecule has 1 rings (SSSR count). The van der Waals surface area contributed by atoms with Gasteiger partial charge in [0.1, 0.15) is 11.5 Å². The van der Waals surface area contributed by atoms with E-state index in [1.807, 2.05) is 0 Å². The molecule has 4 heteroatoms. The maximum Gasteiger partial charge on any atom is 0.332 e. The van der Waals surface area contributed by atoms with Crippen molar-refractivity contribution >= 4 is 5.97 Å². The van der Waals surface area contributed by atoms with Crippen molar-refractivity contribution in [2.24, 2.45) is 0 Å². The van der Waals surface area contributed by atoms with Gasteiger partial charge in [0.05, 0.1) is 0 Å². The molecule has 0 radical (unpaired) electrons. The van der Waals surface area contributed by atoms with Gasteiger partial charge in [0.2, 0.25) is 0 Å². The number of hydrogen-bond donors (Lipinski definition) is 2. The molecule has 0 aliphatic carbocycles. The van der Waals surface area contributed by atoms with Crippen LogP contribution >= 0.6 is 0 Å². The predicted octanol–water partition coefficient (Wildman–Crippen LogP) is 0.576. The first-order valence-electron chi connectivity index (χ1n) is 3.56. The summed E-state index contributed by atoms with van der Waals surface area (Å²) in [7, 11) is 0. The quantitative estimate of drug-likeness (QED) is 0.695. The summed E-state index contributed by atoms with van der Waals surface area (Å²) in [6, 6.07) is 3.38. The topological polar surface area (TPSA) is 70.7 Å². The van der Waals surface area contributed by atoms with Crippen LogP contribution in [0, 0.1) is 6.92 Å². The first-order valence-corrected chi connectivity index (χ1v) is 3.56. The molecule has 1 atom stereocenters. The third kappa shape index (κ3) is 2.10. The highest BCUT2D eigenvalue weighted by Gasteiger charge is 2.15. The molecule has 0 aromatic carbocycles. The van der Waals surface area contributed by atoms with Gasteiger partial charge in [0, 0.05) is 6.42 Å². The molecular formula is C8H10O4. The normalized spacial score (nSPS) is 12.8. The van der Waals surface area contributed by atoms with Crippen LogP contribution in [-0.4, -0.2) is 22.3 Å². The first-order chi connectivity index (χ1) is 5.59. The van der Waals surface area contributed by atoms with E-state index < -0.39 is 12.1 Å². The van der Waals surface area contributed by atoms with Crippen LogP contribution in [0.3, 0.4) is 0 Å². The van der Waals surface area contributed by atoms with Crippen molar-refractivity contribution in [3.05, 3.63) is 23.7 Å². The van der Waals surface area contributed by atoms with Gasteiger partial charge in [0.25, 0.3) is 0 Å². The van der Waals surface area contributed by atoms with Crippen LogP contribution in [0.25, 0.3) is 0 Å². The lowest BCUT2D eigenvalue weighted by molar-refractivity contribution is -0.146. The minimum Gasteiger partial charge on any atom is -0.479 e. The highest BCUT2D eigenvalue weighted by atomic mass is 16.4. The van der Waals surface area contributed by atoms with E-state index in [4.69, 9.17) is 14.6 Å². The molecular weight excluding hydrogens is 160 g/mol. The van der Waals surface area contributed by atoms with Crippen LogP contribution in [0.5, 0.6) is 0 Å². The molecule has 0 aliphatic heterocycles. The number of aliphatic carboxylic acids is 1. The Morgan fingerprint density at radius 1 is 1.67 bits per heavy atom. The maximum absolute atomic E-state index is 10.2. The van der Waals surface area contributed by atoms with Crippen molar-refractivity contribution in [1.29, 1.82) is 0 Å². The molecule has 0 spiro atoms. The van der Waals surface area contributed by atoms with Gasteiger partial charge in [-0.2, -0.15) is 0 Å². The zero-order valence-electron chi connectivity index (χ0n) is 6.65. The third-order valence-electron chi connectivity index (χ3n) is 1.48. The van der Waals surface area contributed by atoms with Crippen LogP contribution in [-0.2, 0) is 11.2 Å². The summed E-state index contributed by atoms with van der Waals surface area (Å²) in [6.07, 6.45) is -1.36. The average Bonchev–Trinajstić information content (AvgIpc) is 2.35. The Morgan fingerprint density at radius 3 is 2.75 bits per heavy atom. The summed E-state index contributed by atoms with van der Waals surface area (Å²) in [5.74, 6) is -0.0333. The summed E-state index contributed by atoms with van der Waals surface area (Å²) in [4.78, 5) is 10.2. The second kappa shape index (κ2) is 3.40. The lowest BCUT2D eigenvalue weighted by atomic mass is 10.2. The van der Waals surface area contributed by atoms with Gasteiger partial charge in [-0.3, -0.25) is 0 Å². The number of carboxylic acid groups (broad SMARTS) is 1. The number of aliphatic hydroxyl groups excluding tert-OH is 1. The van der Waals surface area contributed by atoms with Crippen LogP contribution < -0.4 is 0 Å². The van der Waals surface area contributed by atoms with Crippen molar-refractivity contribution in [2.45, 2.75) is 19.4 Å². The summed E-state index contributed by atoms with van der Waals surface area (Å²) in [5.41, 5.74) is 0. The summed E-state index contributed by atoms with van der Waals surface area (Å²) in [6.45, 7) is 1.76. The Morgan fingerprint density at radius 2 is 2.33 bits per heavy atom. The van der Waals surface area contributed by atoms with Gasteiger partial charge in [-0.15, -0.1) is 0 Å². The van der Waals surface area contributed by atoms with E-state index in [9.17, 15) is 4.79 Å². The zero-order chi connectivity index (χ0) is 9.14. The van der Waals surface area contributed by atoms with Gasteiger partial charge < -0.3 is 14.6 Å². The molecule has 1 unspecified atom stereocenters. The molecule has 12 heavy (non-hydrogen) atoms. The van der Waals surface area contributed by atoms with Gasteiger partial charge >= 0.3 is 5.97 Å². The van der Waals surface area contributed by atoms with Gasteiger partial charge in [-0.1, -0.05) is 0 Å². The SMILES string of the molecule is Cc1ccc(CC(O)C(=O)O)o1. The number of rotatable bonds is 3. The average molecular weight is 170 g/mol. The molecule has 0 saturated heterocycles. The first kappa shape index (κ1) is 8.80. The molecule has 1 heterocycles. The second-order valence-electron chi connectivity index (χ2n) is 2.57. The lowest BCUT2D eigenvalue weighted by Gasteiger charge is -2.00. The van der Waals surface area contributed by atoms with E-state index in [1.54, 1.807) is 19.1 Å². The molecule has 0 aliphatic rings. The number of carboxylic acids is 1. The van der Waals surface area contributed by atoms with E-state index in [1.165, 1.54) is 0 Å². The van der Waals surface area contributed by atoms with Gasteiger partial charge in [-0.25, -0.2) is 4.79 Å². The van der Waals surface area contributed by atoms with Gasteiger partial charge in [0.15, 0.2) is 6.10 Å². The highest BCUT2D eigenvalue weighted by Crippen LogP contribution is 2.08. The molecule has 0 saturated carbocycles. The highest BCUT2D eigenvalue weighted by molar-refractivity contribution is 5.72. The van der Waals surface area contributed by atoms with Crippen molar-refractivity contribution in [1.82, 2.24) is 0 Å². The molecule has 66 valence electrons.